The summed E-state index contributed by atoms with van der Waals surface area (Å²) >= 11 is 1.88. The molecule has 0 bridgehead atoms. The van der Waals surface area contributed by atoms with Crippen molar-refractivity contribution in [1.29, 1.82) is 0 Å². The fraction of sp³-hybridized carbons (Fsp3) is 0.100. The van der Waals surface area contributed by atoms with Crippen LogP contribution in [-0.4, -0.2) is 0 Å². The molecule has 4 aromatic rings. The number of hydrogen-bond acceptors (Lipinski definition) is 1. The van der Waals surface area contributed by atoms with E-state index < -0.39 is 0 Å². The second-order valence-electron chi connectivity index (χ2n) is 5.36. The molecular weight excluding hydrogens is 272 g/mol. The number of aryl methyl sites for hydroxylation is 1. The molecule has 3 aromatic carbocycles. The molecule has 0 aliphatic heterocycles. The highest BCUT2D eigenvalue weighted by Crippen LogP contribution is 2.36. The highest BCUT2D eigenvalue weighted by Gasteiger charge is 2.07. The zero-order chi connectivity index (χ0) is 14.2. The van der Waals surface area contributed by atoms with E-state index in [0.717, 1.165) is 6.42 Å². The van der Waals surface area contributed by atoms with Crippen molar-refractivity contribution in [2.24, 2.45) is 0 Å². The Morgan fingerprint density at radius 3 is 2.19 bits per heavy atom. The van der Waals surface area contributed by atoms with E-state index in [0.29, 0.717) is 0 Å². The SMILES string of the molecule is CCc1ccc2sc3ccc(-c4ccccc4)cc3c2c1. The third-order valence-corrected chi connectivity index (χ3v) is 5.20. The predicted molar refractivity (Wildman–Crippen MR) is 94.1 cm³/mol. The molecule has 1 aromatic heterocycles. The van der Waals surface area contributed by atoms with E-state index in [1.807, 2.05) is 11.3 Å². The van der Waals surface area contributed by atoms with Crippen LogP contribution in [0.3, 0.4) is 0 Å². The minimum absolute atomic E-state index is 1.09. The summed E-state index contributed by atoms with van der Waals surface area (Å²) in [5.74, 6) is 0. The molecule has 0 spiro atoms. The number of hydrogen-bond donors (Lipinski definition) is 0. The van der Waals surface area contributed by atoms with Crippen LogP contribution >= 0.6 is 11.3 Å². The maximum atomic E-state index is 2.35. The molecule has 0 unspecified atom stereocenters. The Balaban J connectivity index is 1.99. The molecular formula is C20H16S. The summed E-state index contributed by atoms with van der Waals surface area (Å²) in [5.41, 5.74) is 3.99. The zero-order valence-electron chi connectivity index (χ0n) is 12.0. The molecule has 0 aliphatic rings. The van der Waals surface area contributed by atoms with Gasteiger partial charge in [0.2, 0.25) is 0 Å². The number of rotatable bonds is 2. The lowest BCUT2D eigenvalue weighted by Crippen LogP contribution is -1.79. The third kappa shape index (κ3) is 2.14. The molecule has 0 N–H and O–H groups in total. The van der Waals surface area contributed by atoms with Gasteiger partial charge in [0.25, 0.3) is 0 Å². The summed E-state index contributed by atoms with van der Waals surface area (Å²) in [6, 6.07) is 24.3. The van der Waals surface area contributed by atoms with Gasteiger partial charge in [-0.2, -0.15) is 0 Å². The number of benzene rings is 3. The molecule has 21 heavy (non-hydrogen) atoms. The van der Waals surface area contributed by atoms with Crippen LogP contribution < -0.4 is 0 Å². The largest absolute Gasteiger partial charge is 0.135 e. The van der Waals surface area contributed by atoms with Crippen LogP contribution in [0.5, 0.6) is 0 Å². The average molecular weight is 288 g/mol. The second-order valence-corrected chi connectivity index (χ2v) is 6.45. The zero-order valence-corrected chi connectivity index (χ0v) is 12.8. The fourth-order valence-corrected chi connectivity index (χ4v) is 3.92. The average Bonchev–Trinajstić information content (AvgIpc) is 2.92. The first-order valence-corrected chi connectivity index (χ1v) is 8.17. The van der Waals surface area contributed by atoms with Crippen LogP contribution in [0, 0.1) is 0 Å². The third-order valence-electron chi connectivity index (χ3n) is 4.05. The van der Waals surface area contributed by atoms with Crippen molar-refractivity contribution in [1.82, 2.24) is 0 Å². The summed E-state index contributed by atoms with van der Waals surface area (Å²) in [5, 5.41) is 2.78. The summed E-state index contributed by atoms with van der Waals surface area (Å²) in [6.07, 6.45) is 1.09. The van der Waals surface area contributed by atoms with Crippen molar-refractivity contribution in [3.63, 3.8) is 0 Å². The van der Waals surface area contributed by atoms with E-state index in [-0.39, 0.29) is 0 Å². The Hall–Kier alpha value is -2.12. The van der Waals surface area contributed by atoms with Gasteiger partial charge in [0, 0.05) is 20.2 Å². The van der Waals surface area contributed by atoms with Gasteiger partial charge in [-0.25, -0.2) is 0 Å². The highest BCUT2D eigenvalue weighted by molar-refractivity contribution is 7.25. The Morgan fingerprint density at radius 2 is 1.43 bits per heavy atom. The van der Waals surface area contributed by atoms with Crippen molar-refractivity contribution >= 4 is 31.5 Å². The van der Waals surface area contributed by atoms with E-state index in [4.69, 9.17) is 0 Å². The van der Waals surface area contributed by atoms with Crippen LogP contribution in [0.15, 0.2) is 66.7 Å². The molecule has 1 heteroatoms. The molecule has 0 radical (unpaired) electrons. The standard InChI is InChI=1S/C20H16S/c1-2-14-8-10-19-17(12-14)18-13-16(9-11-20(18)21-19)15-6-4-3-5-7-15/h3-13H,2H2,1H3. The first-order valence-electron chi connectivity index (χ1n) is 7.36. The van der Waals surface area contributed by atoms with Crippen molar-refractivity contribution in [3.8, 4) is 11.1 Å². The van der Waals surface area contributed by atoms with Crippen molar-refractivity contribution in [2.45, 2.75) is 13.3 Å². The van der Waals surface area contributed by atoms with Crippen LogP contribution in [0.2, 0.25) is 0 Å². The number of thiophene rings is 1. The molecule has 0 aliphatic carbocycles. The Morgan fingerprint density at radius 1 is 0.714 bits per heavy atom. The monoisotopic (exact) mass is 288 g/mol. The Bertz CT molecular complexity index is 917. The van der Waals surface area contributed by atoms with E-state index in [2.05, 4.69) is 73.7 Å². The van der Waals surface area contributed by atoms with Crippen molar-refractivity contribution in [3.05, 3.63) is 72.3 Å². The van der Waals surface area contributed by atoms with Crippen LogP contribution in [0.4, 0.5) is 0 Å². The van der Waals surface area contributed by atoms with Gasteiger partial charge in [0.15, 0.2) is 0 Å². The highest BCUT2D eigenvalue weighted by atomic mass is 32.1. The minimum Gasteiger partial charge on any atom is -0.135 e. The lowest BCUT2D eigenvalue weighted by atomic mass is 10.0. The maximum absolute atomic E-state index is 2.35. The Labute approximate surface area is 128 Å². The summed E-state index contributed by atoms with van der Waals surface area (Å²) in [4.78, 5) is 0. The fourth-order valence-electron chi connectivity index (χ4n) is 2.85. The molecule has 0 fully saturated rings. The summed E-state index contributed by atoms with van der Waals surface area (Å²) in [7, 11) is 0. The first kappa shape index (κ1) is 12.6. The molecule has 1 heterocycles. The van der Waals surface area contributed by atoms with E-state index in [1.165, 1.54) is 36.9 Å². The molecule has 4 rings (SSSR count). The second kappa shape index (κ2) is 5.01. The Kier molecular flexibility index (Phi) is 3.01. The van der Waals surface area contributed by atoms with Crippen molar-refractivity contribution < 1.29 is 0 Å². The van der Waals surface area contributed by atoms with Crippen LogP contribution in [0.1, 0.15) is 12.5 Å². The van der Waals surface area contributed by atoms with E-state index in [9.17, 15) is 0 Å². The summed E-state index contributed by atoms with van der Waals surface area (Å²) < 4.78 is 2.75. The predicted octanol–water partition coefficient (Wildman–Crippen LogP) is 6.28. The van der Waals surface area contributed by atoms with Gasteiger partial charge in [0.1, 0.15) is 0 Å². The molecule has 0 saturated heterocycles. The lowest BCUT2D eigenvalue weighted by molar-refractivity contribution is 1.15. The summed E-state index contributed by atoms with van der Waals surface area (Å²) in [6.45, 7) is 2.21. The van der Waals surface area contributed by atoms with Gasteiger partial charge in [-0.05, 0) is 47.4 Å². The molecule has 0 saturated carbocycles. The van der Waals surface area contributed by atoms with Crippen LogP contribution in [-0.2, 0) is 6.42 Å². The lowest BCUT2D eigenvalue weighted by Gasteiger charge is -2.02. The normalized spacial score (nSPS) is 11.3. The van der Waals surface area contributed by atoms with E-state index >= 15 is 0 Å². The smallest absolute Gasteiger partial charge is 0.0355 e. The maximum Gasteiger partial charge on any atom is 0.0355 e. The van der Waals surface area contributed by atoms with Gasteiger partial charge < -0.3 is 0 Å². The van der Waals surface area contributed by atoms with Crippen molar-refractivity contribution in [2.75, 3.05) is 0 Å². The minimum atomic E-state index is 1.09. The van der Waals surface area contributed by atoms with Gasteiger partial charge in [-0.1, -0.05) is 49.4 Å². The number of fused-ring (bicyclic) bond motifs is 3. The quantitative estimate of drug-likeness (QED) is 0.407. The molecule has 0 nitrogen and oxygen atoms in total. The topological polar surface area (TPSA) is 0 Å². The van der Waals surface area contributed by atoms with Gasteiger partial charge in [-0.15, -0.1) is 11.3 Å². The molecule has 0 atom stereocenters. The molecule has 102 valence electrons. The van der Waals surface area contributed by atoms with Gasteiger partial charge >= 0.3 is 0 Å². The van der Waals surface area contributed by atoms with Gasteiger partial charge in [0.05, 0.1) is 0 Å². The molecule has 0 amide bonds. The van der Waals surface area contributed by atoms with Crippen LogP contribution in [0.25, 0.3) is 31.3 Å². The first-order chi connectivity index (χ1) is 10.3. The van der Waals surface area contributed by atoms with Gasteiger partial charge in [-0.3, -0.25) is 0 Å². The van der Waals surface area contributed by atoms with E-state index in [1.54, 1.807) is 0 Å².